The Kier molecular flexibility index (Phi) is 8.74. The Labute approximate surface area is 263 Å². The third kappa shape index (κ3) is 6.39. The van der Waals surface area contributed by atoms with Crippen LogP contribution in [-0.4, -0.2) is 47.3 Å². The highest BCUT2D eigenvalue weighted by molar-refractivity contribution is 14.1. The van der Waals surface area contributed by atoms with Crippen molar-refractivity contribution in [1.82, 2.24) is 5.01 Å². The number of benzene rings is 3. The number of amides is 1. The van der Waals surface area contributed by atoms with E-state index in [2.05, 4.69) is 59.5 Å². The van der Waals surface area contributed by atoms with Crippen LogP contribution in [0, 0.1) is 15.9 Å². The minimum Gasteiger partial charge on any atom is -0.493 e. The third-order valence-electron chi connectivity index (χ3n) is 6.60. The van der Waals surface area contributed by atoms with Crippen LogP contribution in [0.5, 0.6) is 17.2 Å². The largest absolute Gasteiger partial charge is 0.493 e. The van der Waals surface area contributed by atoms with E-state index < -0.39 is 5.91 Å². The lowest BCUT2D eigenvalue weighted by atomic mass is 9.86. The van der Waals surface area contributed by atoms with Crippen LogP contribution in [-0.2, 0) is 10.2 Å². The van der Waals surface area contributed by atoms with Crippen LogP contribution >= 0.6 is 34.4 Å². The number of carbonyl (C=O) groups is 1. The quantitative estimate of drug-likeness (QED) is 0.155. The standard InChI is InChI=1S/C32H31IN4O4S/c1-19-10-12-21(13-11-19)30-36-37-28(34)22(29(38)35-31(37)42-30)16-20-17-24(33)27(26(18-20)39-5)41-15-14-40-25-9-7-6-8-23(25)32(2,3)4/h6-13,16-18,34H,14-15H2,1-5H3/b22-16-,34-28?. The molecule has 0 fully saturated rings. The van der Waals surface area contributed by atoms with Crippen LogP contribution in [0.1, 0.15) is 43.0 Å². The summed E-state index contributed by atoms with van der Waals surface area (Å²) in [5.41, 5.74) is 3.98. The van der Waals surface area contributed by atoms with Gasteiger partial charge in [-0.25, -0.2) is 0 Å². The predicted octanol–water partition coefficient (Wildman–Crippen LogP) is 7.03. The van der Waals surface area contributed by atoms with E-state index in [9.17, 15) is 4.79 Å². The van der Waals surface area contributed by atoms with E-state index in [-0.39, 0.29) is 16.8 Å². The molecule has 0 aromatic heterocycles. The molecule has 1 amide bonds. The molecule has 0 saturated heterocycles. The summed E-state index contributed by atoms with van der Waals surface area (Å²) in [5, 5.41) is 15.8. The van der Waals surface area contributed by atoms with Crippen molar-refractivity contribution in [3.05, 3.63) is 92.1 Å². The summed E-state index contributed by atoms with van der Waals surface area (Å²) < 4.78 is 18.6. The molecular formula is C32H31IN4O4S. The van der Waals surface area contributed by atoms with Crippen molar-refractivity contribution < 1.29 is 19.0 Å². The highest BCUT2D eigenvalue weighted by atomic mass is 127. The van der Waals surface area contributed by atoms with Gasteiger partial charge in [0.2, 0.25) is 5.17 Å². The van der Waals surface area contributed by atoms with Gasteiger partial charge in [-0.1, -0.05) is 68.8 Å². The normalized spacial score (nSPS) is 15.9. The highest BCUT2D eigenvalue weighted by Gasteiger charge is 2.36. The van der Waals surface area contributed by atoms with Crippen molar-refractivity contribution >= 4 is 62.4 Å². The number of para-hydroxylation sites is 1. The monoisotopic (exact) mass is 694 g/mol. The molecule has 2 aliphatic heterocycles. The summed E-state index contributed by atoms with van der Waals surface area (Å²) in [6.07, 6.45) is 1.63. The lowest BCUT2D eigenvalue weighted by Crippen LogP contribution is -2.35. The van der Waals surface area contributed by atoms with Gasteiger partial charge < -0.3 is 14.2 Å². The number of ether oxygens (including phenoxy) is 3. The van der Waals surface area contributed by atoms with Crippen molar-refractivity contribution in [3.8, 4) is 17.2 Å². The number of methoxy groups -OCH3 is 1. The second-order valence-corrected chi connectivity index (χ2v) is 12.9. The van der Waals surface area contributed by atoms with Gasteiger partial charge in [-0.2, -0.15) is 15.1 Å². The van der Waals surface area contributed by atoms with Gasteiger partial charge in [0, 0.05) is 5.56 Å². The van der Waals surface area contributed by atoms with E-state index in [1.807, 2.05) is 55.5 Å². The first kappa shape index (κ1) is 29.8. The molecule has 0 unspecified atom stereocenters. The van der Waals surface area contributed by atoms with Crippen LogP contribution in [0.2, 0.25) is 0 Å². The highest BCUT2D eigenvalue weighted by Crippen LogP contribution is 2.36. The average Bonchev–Trinajstić information content (AvgIpc) is 3.38. The fraction of sp³-hybridized carbons (Fsp3) is 0.250. The first-order chi connectivity index (χ1) is 20.0. The maximum absolute atomic E-state index is 13.0. The minimum atomic E-state index is -0.485. The maximum Gasteiger partial charge on any atom is 0.283 e. The molecule has 216 valence electrons. The second-order valence-electron chi connectivity index (χ2n) is 10.8. The van der Waals surface area contributed by atoms with Crippen LogP contribution in [0.3, 0.4) is 0 Å². The average molecular weight is 695 g/mol. The fourth-order valence-corrected chi connectivity index (χ4v) is 6.12. The lowest BCUT2D eigenvalue weighted by molar-refractivity contribution is -0.114. The zero-order valence-corrected chi connectivity index (χ0v) is 27.0. The molecule has 0 radical (unpaired) electrons. The van der Waals surface area contributed by atoms with Crippen molar-refractivity contribution in [2.75, 3.05) is 20.3 Å². The molecule has 0 atom stereocenters. The van der Waals surface area contributed by atoms with E-state index in [0.717, 1.165) is 26.0 Å². The first-order valence-electron chi connectivity index (χ1n) is 13.3. The number of hydrogen-bond donors (Lipinski definition) is 1. The Bertz CT molecular complexity index is 1640. The molecule has 0 spiro atoms. The molecule has 42 heavy (non-hydrogen) atoms. The number of halogens is 1. The van der Waals surface area contributed by atoms with Gasteiger partial charge in [-0.15, -0.1) is 0 Å². The number of rotatable bonds is 8. The molecule has 5 rings (SSSR count). The molecule has 0 saturated carbocycles. The number of aliphatic imine (C=N–C) groups is 1. The van der Waals surface area contributed by atoms with Gasteiger partial charge in [0.25, 0.3) is 5.91 Å². The number of fused-ring (bicyclic) bond motifs is 1. The van der Waals surface area contributed by atoms with Gasteiger partial charge in [0.05, 0.1) is 16.3 Å². The summed E-state index contributed by atoms with van der Waals surface area (Å²) in [5.74, 6) is 1.43. The van der Waals surface area contributed by atoms with Crippen molar-refractivity contribution in [2.24, 2.45) is 10.1 Å². The topological polar surface area (TPSA) is 96.6 Å². The minimum absolute atomic E-state index is 0.0263. The van der Waals surface area contributed by atoms with E-state index in [1.54, 1.807) is 19.3 Å². The summed E-state index contributed by atoms with van der Waals surface area (Å²) in [7, 11) is 1.57. The molecule has 1 N–H and O–H groups in total. The van der Waals surface area contributed by atoms with Crippen LogP contribution < -0.4 is 14.2 Å². The Morgan fingerprint density at radius 3 is 2.45 bits per heavy atom. The van der Waals surface area contributed by atoms with Gasteiger partial charge in [0.15, 0.2) is 17.3 Å². The first-order valence-corrected chi connectivity index (χ1v) is 15.2. The van der Waals surface area contributed by atoms with Crippen molar-refractivity contribution in [2.45, 2.75) is 33.1 Å². The molecular weight excluding hydrogens is 663 g/mol. The Morgan fingerprint density at radius 2 is 1.74 bits per heavy atom. The summed E-state index contributed by atoms with van der Waals surface area (Å²) in [6.45, 7) is 9.17. The van der Waals surface area contributed by atoms with E-state index in [1.165, 1.54) is 16.8 Å². The van der Waals surface area contributed by atoms with E-state index in [4.69, 9.17) is 19.6 Å². The second kappa shape index (κ2) is 12.3. The van der Waals surface area contributed by atoms with Crippen molar-refractivity contribution in [1.29, 1.82) is 5.41 Å². The molecule has 3 aromatic carbocycles. The maximum atomic E-state index is 13.0. The SMILES string of the molecule is COc1cc(/C=C2/C(=N)N3N=C(c4ccc(C)cc4)SC3=NC2=O)cc(I)c1OCCOc1ccccc1C(C)(C)C. The number of nitrogens with zero attached hydrogens (tertiary/aromatic N) is 3. The number of nitrogens with one attached hydrogen (secondary N) is 1. The molecule has 2 heterocycles. The molecule has 0 bridgehead atoms. The number of aryl methyl sites for hydroxylation is 1. The molecule has 3 aromatic rings. The van der Waals surface area contributed by atoms with Gasteiger partial charge in [-0.3, -0.25) is 10.2 Å². The van der Waals surface area contributed by atoms with Crippen LogP contribution in [0.25, 0.3) is 6.08 Å². The third-order valence-corrected chi connectivity index (χ3v) is 8.36. The Hall–Kier alpha value is -3.64. The predicted molar refractivity (Wildman–Crippen MR) is 177 cm³/mol. The lowest BCUT2D eigenvalue weighted by Gasteiger charge is -2.22. The van der Waals surface area contributed by atoms with Crippen LogP contribution in [0.4, 0.5) is 0 Å². The van der Waals surface area contributed by atoms with E-state index >= 15 is 0 Å². The molecule has 10 heteroatoms. The van der Waals surface area contributed by atoms with Gasteiger partial charge >= 0.3 is 0 Å². The zero-order chi connectivity index (χ0) is 30.0. The van der Waals surface area contributed by atoms with E-state index in [0.29, 0.717) is 40.5 Å². The number of hydrogen-bond acceptors (Lipinski definition) is 7. The van der Waals surface area contributed by atoms with Crippen LogP contribution in [0.15, 0.2) is 76.3 Å². The molecule has 8 nitrogen and oxygen atoms in total. The van der Waals surface area contributed by atoms with Gasteiger partial charge in [-0.05, 0) is 82.1 Å². The zero-order valence-electron chi connectivity index (χ0n) is 24.0. The van der Waals surface area contributed by atoms with Crippen molar-refractivity contribution in [3.63, 3.8) is 0 Å². The number of carbonyl (C=O) groups excluding carboxylic acids is 1. The fourth-order valence-electron chi connectivity index (χ4n) is 4.44. The number of thioether (sulfide) groups is 1. The Balaban J connectivity index is 1.31. The summed E-state index contributed by atoms with van der Waals surface area (Å²) in [4.78, 5) is 17.2. The molecule has 2 aliphatic rings. The summed E-state index contributed by atoms with van der Waals surface area (Å²) >= 11 is 3.46. The summed E-state index contributed by atoms with van der Waals surface area (Å²) in [6, 6.07) is 19.6. The Morgan fingerprint density at radius 1 is 1.02 bits per heavy atom. The van der Waals surface area contributed by atoms with Gasteiger partial charge in [0.1, 0.15) is 24.0 Å². The number of hydrazone groups is 1. The smallest absolute Gasteiger partial charge is 0.283 e. The number of amidine groups is 2. The molecule has 0 aliphatic carbocycles.